The summed E-state index contributed by atoms with van der Waals surface area (Å²) in [5.74, 6) is -0.618. The number of benzene rings is 2. The lowest BCUT2D eigenvalue weighted by molar-refractivity contribution is -0.384. The number of nitrogens with zero attached hydrogens (tertiary/aromatic N) is 4. The highest BCUT2D eigenvalue weighted by atomic mass is 16.6. The predicted octanol–water partition coefficient (Wildman–Crippen LogP) is 3.71. The standard InChI is InChI=1S/C23H22N4O4/c1-3-31-23(28)19-12-25(2)22-17-7-5-4-6-16(17)18-13-26(24-21(18)20(19)22)14-8-10-15(11-9-14)27(29)30/h4-11,13,19-20,22H,3,12H2,1-2H3/t19?,20-,22-/m0/s1. The molecule has 0 saturated carbocycles. The number of hydrogen-bond acceptors (Lipinski definition) is 6. The number of carbonyl (C=O) groups excluding carboxylic acids is 1. The van der Waals surface area contributed by atoms with Gasteiger partial charge in [-0.15, -0.1) is 0 Å². The molecule has 3 atom stereocenters. The summed E-state index contributed by atoms with van der Waals surface area (Å²) in [6.45, 7) is 2.77. The molecule has 2 aromatic carbocycles. The molecule has 0 amide bonds. The van der Waals surface area contributed by atoms with Crippen LogP contribution >= 0.6 is 0 Å². The molecular formula is C23H22N4O4. The molecule has 1 saturated heterocycles. The zero-order valence-electron chi connectivity index (χ0n) is 17.3. The van der Waals surface area contributed by atoms with Crippen LogP contribution in [0.1, 0.15) is 30.1 Å². The first-order chi connectivity index (χ1) is 15.0. The van der Waals surface area contributed by atoms with Crippen molar-refractivity contribution >= 4 is 11.7 Å². The molecule has 1 aliphatic heterocycles. The Morgan fingerprint density at radius 1 is 1.19 bits per heavy atom. The summed E-state index contributed by atoms with van der Waals surface area (Å²) in [6.07, 6.45) is 1.95. The van der Waals surface area contributed by atoms with Crippen LogP contribution in [0.5, 0.6) is 0 Å². The van der Waals surface area contributed by atoms with Gasteiger partial charge in [-0.2, -0.15) is 5.10 Å². The number of non-ortho nitro benzene ring substituents is 1. The van der Waals surface area contributed by atoms with Gasteiger partial charge in [0.15, 0.2) is 0 Å². The van der Waals surface area contributed by atoms with Crippen LogP contribution in [-0.2, 0) is 9.53 Å². The zero-order chi connectivity index (χ0) is 21.7. The van der Waals surface area contributed by atoms with Gasteiger partial charge in [-0.25, -0.2) is 4.68 Å². The lowest BCUT2D eigenvalue weighted by Crippen LogP contribution is -2.26. The molecule has 0 radical (unpaired) electrons. The Bertz CT molecular complexity index is 1170. The third-order valence-electron chi connectivity index (χ3n) is 6.28. The summed E-state index contributed by atoms with van der Waals surface area (Å²) in [7, 11) is 2.03. The van der Waals surface area contributed by atoms with Gasteiger partial charge in [0.05, 0.1) is 28.8 Å². The molecule has 2 aliphatic rings. The molecule has 0 bridgehead atoms. The van der Waals surface area contributed by atoms with Gasteiger partial charge in [-0.1, -0.05) is 24.3 Å². The minimum absolute atomic E-state index is 0.0332. The van der Waals surface area contributed by atoms with Crippen molar-refractivity contribution in [3.8, 4) is 16.8 Å². The van der Waals surface area contributed by atoms with Crippen LogP contribution in [-0.4, -0.2) is 45.8 Å². The first-order valence-corrected chi connectivity index (χ1v) is 10.3. The Labute approximate surface area is 179 Å². The number of fused-ring (bicyclic) bond motifs is 6. The van der Waals surface area contributed by atoms with Crippen LogP contribution in [0.15, 0.2) is 54.7 Å². The fraction of sp³-hybridized carbons (Fsp3) is 0.304. The van der Waals surface area contributed by atoms with E-state index in [2.05, 4.69) is 17.0 Å². The van der Waals surface area contributed by atoms with Crippen LogP contribution < -0.4 is 0 Å². The molecule has 8 nitrogen and oxygen atoms in total. The summed E-state index contributed by atoms with van der Waals surface area (Å²) in [5.41, 5.74) is 4.89. The molecule has 1 aliphatic carbocycles. The molecule has 1 aromatic heterocycles. The lowest BCUT2D eigenvalue weighted by Gasteiger charge is -2.32. The highest BCUT2D eigenvalue weighted by molar-refractivity contribution is 5.80. The first kappa shape index (κ1) is 19.4. The average Bonchev–Trinajstić information content (AvgIpc) is 3.36. The monoisotopic (exact) mass is 418 g/mol. The average molecular weight is 418 g/mol. The molecule has 0 N–H and O–H groups in total. The summed E-state index contributed by atoms with van der Waals surface area (Å²) in [6, 6.07) is 14.6. The van der Waals surface area contributed by atoms with Crippen molar-refractivity contribution in [1.29, 1.82) is 0 Å². The van der Waals surface area contributed by atoms with Gasteiger partial charge < -0.3 is 4.74 Å². The van der Waals surface area contributed by atoms with E-state index in [0.717, 1.165) is 22.5 Å². The van der Waals surface area contributed by atoms with E-state index in [9.17, 15) is 14.9 Å². The molecular weight excluding hydrogens is 396 g/mol. The summed E-state index contributed by atoms with van der Waals surface area (Å²) >= 11 is 0. The smallest absolute Gasteiger partial charge is 0.310 e. The maximum Gasteiger partial charge on any atom is 0.310 e. The number of esters is 1. The van der Waals surface area contributed by atoms with E-state index in [1.165, 1.54) is 17.7 Å². The zero-order valence-corrected chi connectivity index (χ0v) is 17.3. The molecule has 2 heterocycles. The van der Waals surface area contributed by atoms with Crippen LogP contribution in [0.25, 0.3) is 16.8 Å². The normalized spacial score (nSPS) is 21.8. The summed E-state index contributed by atoms with van der Waals surface area (Å²) in [5, 5.41) is 15.9. The van der Waals surface area contributed by atoms with Crippen LogP contribution in [0.3, 0.4) is 0 Å². The quantitative estimate of drug-likeness (QED) is 0.364. The van der Waals surface area contributed by atoms with Crippen molar-refractivity contribution in [2.24, 2.45) is 5.92 Å². The minimum atomic E-state index is -0.420. The SMILES string of the molecule is CCOC(=O)C1CN(C)[C@H]2c3ccccc3-c3cn(-c4ccc([N+](=O)[O-])cc4)nc3[C@H]12. The third kappa shape index (κ3) is 3.02. The fourth-order valence-corrected chi connectivity index (χ4v) is 4.97. The van der Waals surface area contributed by atoms with Crippen molar-refractivity contribution in [2.75, 3.05) is 20.2 Å². The maximum atomic E-state index is 12.8. The van der Waals surface area contributed by atoms with Crippen molar-refractivity contribution < 1.29 is 14.5 Å². The molecule has 5 rings (SSSR count). The van der Waals surface area contributed by atoms with Crippen molar-refractivity contribution in [2.45, 2.75) is 18.9 Å². The number of rotatable bonds is 4. The van der Waals surface area contributed by atoms with Crippen LogP contribution in [0.4, 0.5) is 5.69 Å². The van der Waals surface area contributed by atoms with Crippen LogP contribution in [0.2, 0.25) is 0 Å². The molecule has 1 unspecified atom stereocenters. The van der Waals surface area contributed by atoms with Gasteiger partial charge in [0.2, 0.25) is 0 Å². The second-order valence-electron chi connectivity index (χ2n) is 8.00. The number of aromatic nitrogens is 2. The van der Waals surface area contributed by atoms with Gasteiger partial charge in [-0.05, 0) is 37.2 Å². The summed E-state index contributed by atoms with van der Waals surface area (Å²) < 4.78 is 7.13. The van der Waals surface area contributed by atoms with Crippen LogP contribution in [0, 0.1) is 16.0 Å². The number of likely N-dealkylation sites (N-methyl/N-ethyl adjacent to an activating group) is 1. The van der Waals surface area contributed by atoms with Crippen molar-refractivity contribution in [3.05, 3.63) is 76.1 Å². The largest absolute Gasteiger partial charge is 0.466 e. The second-order valence-corrected chi connectivity index (χ2v) is 8.00. The van der Waals surface area contributed by atoms with Gasteiger partial charge in [-0.3, -0.25) is 19.8 Å². The maximum absolute atomic E-state index is 12.8. The van der Waals surface area contributed by atoms with E-state index in [1.54, 1.807) is 16.8 Å². The molecule has 0 spiro atoms. The van der Waals surface area contributed by atoms with Gasteiger partial charge >= 0.3 is 5.97 Å². The third-order valence-corrected chi connectivity index (χ3v) is 6.28. The first-order valence-electron chi connectivity index (χ1n) is 10.3. The molecule has 3 aromatic rings. The summed E-state index contributed by atoms with van der Waals surface area (Å²) in [4.78, 5) is 25.6. The lowest BCUT2D eigenvalue weighted by atomic mass is 9.75. The number of ether oxygens (including phenoxy) is 1. The highest BCUT2D eigenvalue weighted by Crippen LogP contribution is 2.54. The van der Waals surface area contributed by atoms with Gasteiger partial charge in [0.25, 0.3) is 5.69 Å². The topological polar surface area (TPSA) is 90.5 Å². The Morgan fingerprint density at radius 2 is 1.94 bits per heavy atom. The molecule has 8 heteroatoms. The number of carbonyl (C=O) groups is 1. The number of nitro benzene ring substituents is 1. The van der Waals surface area contributed by atoms with E-state index >= 15 is 0 Å². The Hall–Kier alpha value is -3.52. The fourth-order valence-electron chi connectivity index (χ4n) is 4.97. The van der Waals surface area contributed by atoms with Gasteiger partial charge in [0.1, 0.15) is 0 Å². The molecule has 1 fully saturated rings. The van der Waals surface area contributed by atoms with Crippen molar-refractivity contribution in [1.82, 2.24) is 14.7 Å². The van der Waals surface area contributed by atoms with E-state index in [0.29, 0.717) is 13.2 Å². The minimum Gasteiger partial charge on any atom is -0.466 e. The van der Waals surface area contributed by atoms with Crippen molar-refractivity contribution in [3.63, 3.8) is 0 Å². The Balaban J connectivity index is 1.64. The Kier molecular flexibility index (Phi) is 4.59. The van der Waals surface area contributed by atoms with E-state index in [-0.39, 0.29) is 29.5 Å². The number of likely N-dealkylation sites (tertiary alicyclic amines) is 1. The second kappa shape index (κ2) is 7.31. The molecule has 31 heavy (non-hydrogen) atoms. The number of hydrogen-bond donors (Lipinski definition) is 0. The predicted molar refractivity (Wildman–Crippen MR) is 114 cm³/mol. The van der Waals surface area contributed by atoms with E-state index in [1.807, 2.05) is 32.3 Å². The molecule has 158 valence electrons. The Morgan fingerprint density at radius 3 is 2.65 bits per heavy atom. The van der Waals surface area contributed by atoms with E-state index in [4.69, 9.17) is 9.84 Å². The number of nitro groups is 1. The van der Waals surface area contributed by atoms with Gasteiger partial charge in [0, 0.05) is 42.4 Å². The van der Waals surface area contributed by atoms with E-state index < -0.39 is 4.92 Å². The highest BCUT2D eigenvalue weighted by Gasteiger charge is 2.51.